The zero-order chi connectivity index (χ0) is 12.3. The number of benzene rings is 1. The molecule has 0 aliphatic heterocycles. The van der Waals surface area contributed by atoms with Crippen molar-refractivity contribution in [1.82, 2.24) is 5.32 Å². The van der Waals surface area contributed by atoms with Gasteiger partial charge in [-0.05, 0) is 32.0 Å². The van der Waals surface area contributed by atoms with Crippen LogP contribution in [0, 0.1) is 17.1 Å². The summed E-state index contributed by atoms with van der Waals surface area (Å²) in [4.78, 5) is 11.6. The van der Waals surface area contributed by atoms with E-state index in [4.69, 9.17) is 16.9 Å². The number of halogens is 2. The standard InChI is InChI=1S/C11H10ClFN2O/c1-11(2,6-14)15-10(16)8-4-3-7(12)5-9(8)13/h3-5H,1-2H3,(H,15,16). The molecule has 3 nitrogen and oxygen atoms in total. The molecule has 1 aromatic carbocycles. The number of nitrogens with zero attached hydrogens (tertiary/aromatic N) is 1. The number of carbonyl (C=O) groups excluding carboxylic acids is 1. The van der Waals surface area contributed by atoms with E-state index in [1.54, 1.807) is 0 Å². The zero-order valence-electron chi connectivity index (χ0n) is 8.84. The molecule has 0 aromatic heterocycles. The highest BCUT2D eigenvalue weighted by molar-refractivity contribution is 6.30. The van der Waals surface area contributed by atoms with E-state index >= 15 is 0 Å². The molecule has 0 atom stereocenters. The van der Waals surface area contributed by atoms with Gasteiger partial charge in [-0.2, -0.15) is 5.26 Å². The highest BCUT2D eigenvalue weighted by atomic mass is 35.5. The van der Waals surface area contributed by atoms with E-state index in [0.717, 1.165) is 6.07 Å². The Morgan fingerprint density at radius 3 is 2.69 bits per heavy atom. The van der Waals surface area contributed by atoms with Crippen LogP contribution < -0.4 is 5.32 Å². The van der Waals surface area contributed by atoms with Crippen LogP contribution in [0.2, 0.25) is 5.02 Å². The predicted octanol–water partition coefficient (Wildman–Crippen LogP) is 2.51. The van der Waals surface area contributed by atoms with Gasteiger partial charge in [-0.3, -0.25) is 4.79 Å². The molecule has 0 radical (unpaired) electrons. The van der Waals surface area contributed by atoms with Crippen molar-refractivity contribution in [3.8, 4) is 6.07 Å². The number of carbonyl (C=O) groups is 1. The summed E-state index contributed by atoms with van der Waals surface area (Å²) in [6.07, 6.45) is 0. The van der Waals surface area contributed by atoms with Gasteiger partial charge < -0.3 is 5.32 Å². The number of amides is 1. The van der Waals surface area contributed by atoms with Gasteiger partial charge in [0.05, 0.1) is 11.6 Å². The summed E-state index contributed by atoms with van der Waals surface area (Å²) in [6, 6.07) is 5.64. The second-order valence-corrected chi connectivity index (χ2v) is 4.25. The van der Waals surface area contributed by atoms with Crippen molar-refractivity contribution in [3.63, 3.8) is 0 Å². The Balaban J connectivity index is 2.95. The molecule has 0 heterocycles. The Bertz CT molecular complexity index is 466. The largest absolute Gasteiger partial charge is 0.334 e. The maximum absolute atomic E-state index is 13.4. The number of hydrogen-bond acceptors (Lipinski definition) is 2. The molecule has 0 spiro atoms. The van der Waals surface area contributed by atoms with E-state index in [0.29, 0.717) is 0 Å². The minimum Gasteiger partial charge on any atom is -0.334 e. The topological polar surface area (TPSA) is 52.9 Å². The second-order valence-electron chi connectivity index (χ2n) is 3.82. The van der Waals surface area contributed by atoms with Crippen LogP contribution in [0.15, 0.2) is 18.2 Å². The molecule has 0 fully saturated rings. The van der Waals surface area contributed by atoms with E-state index in [2.05, 4.69) is 5.32 Å². The van der Waals surface area contributed by atoms with Gasteiger partial charge in [0.25, 0.3) is 5.91 Å². The molecule has 1 N–H and O–H groups in total. The van der Waals surface area contributed by atoms with Crippen molar-refractivity contribution in [1.29, 1.82) is 5.26 Å². The van der Waals surface area contributed by atoms with Gasteiger partial charge in [-0.15, -0.1) is 0 Å². The van der Waals surface area contributed by atoms with Crippen molar-refractivity contribution >= 4 is 17.5 Å². The van der Waals surface area contributed by atoms with Gasteiger partial charge in [0, 0.05) is 5.02 Å². The Kier molecular flexibility index (Phi) is 3.51. The summed E-state index contributed by atoms with van der Waals surface area (Å²) in [5.41, 5.74) is -1.17. The third-order valence-corrected chi connectivity index (χ3v) is 2.12. The molecule has 0 aliphatic rings. The lowest BCUT2D eigenvalue weighted by molar-refractivity contribution is 0.0925. The molecular formula is C11H10ClFN2O. The van der Waals surface area contributed by atoms with Gasteiger partial charge in [0.1, 0.15) is 11.4 Å². The van der Waals surface area contributed by atoms with Crippen LogP contribution in [-0.4, -0.2) is 11.4 Å². The third-order valence-electron chi connectivity index (χ3n) is 1.88. The molecule has 0 bridgehead atoms. The van der Waals surface area contributed by atoms with E-state index in [1.165, 1.54) is 26.0 Å². The molecule has 5 heteroatoms. The fourth-order valence-electron chi connectivity index (χ4n) is 1.05. The average molecular weight is 241 g/mol. The van der Waals surface area contributed by atoms with E-state index < -0.39 is 17.3 Å². The molecule has 84 valence electrons. The smallest absolute Gasteiger partial charge is 0.255 e. The van der Waals surface area contributed by atoms with Crippen LogP contribution in [0.4, 0.5) is 4.39 Å². The molecule has 0 unspecified atom stereocenters. The first-order valence-electron chi connectivity index (χ1n) is 4.54. The van der Waals surface area contributed by atoms with Crippen LogP contribution in [0.5, 0.6) is 0 Å². The molecule has 0 saturated heterocycles. The summed E-state index contributed by atoms with van der Waals surface area (Å²) in [6.45, 7) is 3.05. The molecule has 1 rings (SSSR count). The molecule has 0 saturated carbocycles. The molecule has 1 aromatic rings. The Labute approximate surface area is 97.8 Å². The lowest BCUT2D eigenvalue weighted by atomic mass is 10.1. The first-order chi connectivity index (χ1) is 7.35. The van der Waals surface area contributed by atoms with Crippen molar-refractivity contribution in [2.75, 3.05) is 0 Å². The van der Waals surface area contributed by atoms with Gasteiger partial charge >= 0.3 is 0 Å². The van der Waals surface area contributed by atoms with Gasteiger partial charge in [-0.25, -0.2) is 4.39 Å². The van der Waals surface area contributed by atoms with Crippen molar-refractivity contribution < 1.29 is 9.18 Å². The fraction of sp³-hybridized carbons (Fsp3) is 0.273. The summed E-state index contributed by atoms with van der Waals surface area (Å²) in [7, 11) is 0. The van der Waals surface area contributed by atoms with E-state index in [-0.39, 0.29) is 10.6 Å². The minimum absolute atomic E-state index is 0.132. The number of nitriles is 1. The number of hydrogen-bond donors (Lipinski definition) is 1. The van der Waals surface area contributed by atoms with Crippen molar-refractivity contribution in [2.45, 2.75) is 19.4 Å². The molecular weight excluding hydrogens is 231 g/mol. The lowest BCUT2D eigenvalue weighted by Crippen LogP contribution is -2.42. The SMILES string of the molecule is CC(C)(C#N)NC(=O)c1ccc(Cl)cc1F. The monoisotopic (exact) mass is 240 g/mol. The maximum Gasteiger partial charge on any atom is 0.255 e. The first-order valence-corrected chi connectivity index (χ1v) is 4.92. The third kappa shape index (κ3) is 2.94. The van der Waals surface area contributed by atoms with E-state index in [1.807, 2.05) is 6.07 Å². The highest BCUT2D eigenvalue weighted by Gasteiger charge is 2.22. The first kappa shape index (κ1) is 12.5. The zero-order valence-corrected chi connectivity index (χ0v) is 9.60. The number of rotatable bonds is 2. The molecule has 16 heavy (non-hydrogen) atoms. The normalized spacial score (nSPS) is 10.7. The average Bonchev–Trinajstić information content (AvgIpc) is 2.16. The Morgan fingerprint density at radius 2 is 2.19 bits per heavy atom. The van der Waals surface area contributed by atoms with Gasteiger partial charge in [-0.1, -0.05) is 11.6 Å². The van der Waals surface area contributed by atoms with Crippen LogP contribution in [-0.2, 0) is 0 Å². The molecule has 0 aliphatic carbocycles. The van der Waals surface area contributed by atoms with Crippen LogP contribution in [0.1, 0.15) is 24.2 Å². The summed E-state index contributed by atoms with van der Waals surface area (Å²) in [5, 5.41) is 11.3. The van der Waals surface area contributed by atoms with Crippen molar-refractivity contribution in [3.05, 3.63) is 34.6 Å². The predicted molar refractivity (Wildman–Crippen MR) is 58.6 cm³/mol. The van der Waals surface area contributed by atoms with Crippen LogP contribution in [0.25, 0.3) is 0 Å². The summed E-state index contributed by atoms with van der Waals surface area (Å²) < 4.78 is 13.4. The van der Waals surface area contributed by atoms with Gasteiger partial charge in [0.2, 0.25) is 0 Å². The lowest BCUT2D eigenvalue weighted by Gasteiger charge is -2.17. The van der Waals surface area contributed by atoms with Crippen molar-refractivity contribution in [2.24, 2.45) is 0 Å². The van der Waals surface area contributed by atoms with Gasteiger partial charge in [0.15, 0.2) is 0 Å². The highest BCUT2D eigenvalue weighted by Crippen LogP contribution is 2.15. The second kappa shape index (κ2) is 4.50. The van der Waals surface area contributed by atoms with Crippen LogP contribution >= 0.6 is 11.6 Å². The fourth-order valence-corrected chi connectivity index (χ4v) is 1.21. The van der Waals surface area contributed by atoms with E-state index in [9.17, 15) is 9.18 Å². The summed E-state index contributed by atoms with van der Waals surface area (Å²) >= 11 is 5.56. The Hall–Kier alpha value is -1.60. The quantitative estimate of drug-likeness (QED) is 0.864. The number of nitrogens with one attached hydrogen (secondary N) is 1. The molecule has 1 amide bonds. The van der Waals surface area contributed by atoms with Crippen LogP contribution in [0.3, 0.4) is 0 Å². The summed E-state index contributed by atoms with van der Waals surface area (Å²) in [5.74, 6) is -1.35. The Morgan fingerprint density at radius 1 is 1.56 bits per heavy atom. The minimum atomic E-state index is -1.04. The maximum atomic E-state index is 13.4.